The quantitative estimate of drug-likeness (QED) is 0.770. The zero-order valence-electron chi connectivity index (χ0n) is 12.1. The van der Waals surface area contributed by atoms with Crippen LogP contribution in [0.25, 0.3) is 0 Å². The third-order valence-electron chi connectivity index (χ3n) is 2.68. The average molecular weight is 250 g/mol. The van der Waals surface area contributed by atoms with E-state index in [-0.39, 0.29) is 0 Å². The van der Waals surface area contributed by atoms with E-state index in [1.54, 1.807) is 0 Å². The zero-order chi connectivity index (χ0) is 13.4. The van der Waals surface area contributed by atoms with Crippen molar-refractivity contribution in [3.63, 3.8) is 0 Å². The molecule has 4 nitrogen and oxygen atoms in total. The summed E-state index contributed by atoms with van der Waals surface area (Å²) in [4.78, 5) is 11.2. The van der Waals surface area contributed by atoms with Gasteiger partial charge in [-0.15, -0.1) is 0 Å². The highest BCUT2D eigenvalue weighted by atomic mass is 15.2. The fourth-order valence-electron chi connectivity index (χ4n) is 1.78. The molecule has 0 aliphatic rings. The van der Waals surface area contributed by atoms with E-state index in [0.29, 0.717) is 6.04 Å². The summed E-state index contributed by atoms with van der Waals surface area (Å²) in [6.07, 6.45) is 6.10. The van der Waals surface area contributed by atoms with Gasteiger partial charge in [0.25, 0.3) is 0 Å². The van der Waals surface area contributed by atoms with E-state index in [2.05, 4.69) is 47.9 Å². The van der Waals surface area contributed by atoms with Crippen molar-refractivity contribution in [2.24, 2.45) is 0 Å². The van der Waals surface area contributed by atoms with Crippen LogP contribution in [-0.4, -0.2) is 29.1 Å². The molecule has 0 saturated carbocycles. The van der Waals surface area contributed by atoms with Gasteiger partial charge in [0.15, 0.2) is 0 Å². The number of aromatic nitrogens is 2. The summed E-state index contributed by atoms with van der Waals surface area (Å²) in [7, 11) is 0. The maximum absolute atomic E-state index is 4.47. The lowest BCUT2D eigenvalue weighted by molar-refractivity contribution is 0.586. The Morgan fingerprint density at radius 2 is 1.67 bits per heavy atom. The van der Waals surface area contributed by atoms with Gasteiger partial charge < -0.3 is 10.2 Å². The lowest BCUT2D eigenvalue weighted by atomic mass is 10.3. The van der Waals surface area contributed by atoms with Crippen molar-refractivity contribution in [3.05, 3.63) is 18.0 Å². The van der Waals surface area contributed by atoms with Crippen LogP contribution in [0, 0.1) is 0 Å². The maximum Gasteiger partial charge on any atom is 0.225 e. The smallest absolute Gasteiger partial charge is 0.225 e. The lowest BCUT2D eigenvalue weighted by Gasteiger charge is -2.21. The molecule has 1 aromatic rings. The van der Waals surface area contributed by atoms with E-state index in [0.717, 1.165) is 44.0 Å². The van der Waals surface area contributed by atoms with Crippen molar-refractivity contribution < 1.29 is 0 Å². The van der Waals surface area contributed by atoms with E-state index in [1.807, 2.05) is 12.4 Å². The van der Waals surface area contributed by atoms with Gasteiger partial charge in [-0.25, -0.2) is 9.97 Å². The van der Waals surface area contributed by atoms with Gasteiger partial charge in [0.05, 0.1) is 0 Å². The SMILES string of the molecule is CCCN(CCC)c1ncc(CNC(C)C)cn1. The first-order chi connectivity index (χ1) is 8.67. The molecular formula is C14H26N4. The highest BCUT2D eigenvalue weighted by Gasteiger charge is 2.07. The van der Waals surface area contributed by atoms with Crippen LogP contribution in [0.5, 0.6) is 0 Å². The molecule has 102 valence electrons. The molecular weight excluding hydrogens is 224 g/mol. The standard InChI is InChI=1S/C14H26N4/c1-5-7-18(8-6-2)14-16-10-13(11-17-14)9-15-12(3)4/h10-12,15H,5-9H2,1-4H3. The first-order valence-corrected chi connectivity index (χ1v) is 6.96. The maximum atomic E-state index is 4.47. The Bertz CT molecular complexity index is 315. The average Bonchev–Trinajstić information content (AvgIpc) is 2.37. The van der Waals surface area contributed by atoms with Gasteiger partial charge in [0.1, 0.15) is 0 Å². The highest BCUT2D eigenvalue weighted by Crippen LogP contribution is 2.08. The molecule has 0 spiro atoms. The zero-order valence-corrected chi connectivity index (χ0v) is 12.1. The van der Waals surface area contributed by atoms with Crippen molar-refractivity contribution in [2.45, 2.75) is 53.1 Å². The van der Waals surface area contributed by atoms with Crippen molar-refractivity contribution in [1.29, 1.82) is 0 Å². The predicted octanol–water partition coefficient (Wildman–Crippen LogP) is 2.60. The minimum atomic E-state index is 0.487. The monoisotopic (exact) mass is 250 g/mol. The van der Waals surface area contributed by atoms with E-state index < -0.39 is 0 Å². The molecule has 1 heterocycles. The molecule has 0 aromatic carbocycles. The van der Waals surface area contributed by atoms with Gasteiger partial charge in [0.2, 0.25) is 5.95 Å². The Hall–Kier alpha value is -1.16. The third-order valence-corrected chi connectivity index (χ3v) is 2.68. The molecule has 4 heteroatoms. The van der Waals surface area contributed by atoms with Crippen LogP contribution < -0.4 is 10.2 Å². The molecule has 0 aliphatic heterocycles. The van der Waals surface area contributed by atoms with Crippen molar-refractivity contribution in [2.75, 3.05) is 18.0 Å². The molecule has 0 atom stereocenters. The molecule has 0 fully saturated rings. The summed E-state index contributed by atoms with van der Waals surface area (Å²) >= 11 is 0. The summed E-state index contributed by atoms with van der Waals surface area (Å²) in [5.41, 5.74) is 1.14. The summed E-state index contributed by atoms with van der Waals surface area (Å²) in [5, 5.41) is 3.37. The van der Waals surface area contributed by atoms with E-state index in [1.165, 1.54) is 0 Å². The number of hydrogen-bond donors (Lipinski definition) is 1. The van der Waals surface area contributed by atoms with Crippen LogP contribution in [0.1, 0.15) is 46.1 Å². The number of anilines is 1. The third kappa shape index (κ3) is 5.00. The van der Waals surface area contributed by atoms with Crippen LogP contribution >= 0.6 is 0 Å². The van der Waals surface area contributed by atoms with Gasteiger partial charge in [-0.05, 0) is 12.8 Å². The van der Waals surface area contributed by atoms with E-state index in [9.17, 15) is 0 Å². The van der Waals surface area contributed by atoms with Crippen molar-refractivity contribution in [3.8, 4) is 0 Å². The van der Waals surface area contributed by atoms with E-state index >= 15 is 0 Å². The second kappa shape index (κ2) is 8.03. The summed E-state index contributed by atoms with van der Waals surface area (Å²) in [6.45, 7) is 11.5. The normalized spacial score (nSPS) is 10.9. The fourth-order valence-corrected chi connectivity index (χ4v) is 1.78. The Morgan fingerprint density at radius 1 is 1.11 bits per heavy atom. The molecule has 1 rings (SSSR count). The van der Waals surface area contributed by atoms with Crippen LogP contribution in [-0.2, 0) is 6.54 Å². The van der Waals surface area contributed by atoms with Gasteiger partial charge in [-0.3, -0.25) is 0 Å². The molecule has 0 amide bonds. The van der Waals surface area contributed by atoms with Gasteiger partial charge in [-0.2, -0.15) is 0 Å². The molecule has 18 heavy (non-hydrogen) atoms. The van der Waals surface area contributed by atoms with Gasteiger partial charge in [0, 0.05) is 43.6 Å². The Morgan fingerprint density at radius 3 is 2.11 bits per heavy atom. The Labute approximate surface area is 111 Å². The van der Waals surface area contributed by atoms with Gasteiger partial charge >= 0.3 is 0 Å². The Balaban J connectivity index is 2.61. The first-order valence-electron chi connectivity index (χ1n) is 6.96. The van der Waals surface area contributed by atoms with Crippen LogP contribution in [0.2, 0.25) is 0 Å². The lowest BCUT2D eigenvalue weighted by Crippen LogP contribution is -2.27. The number of rotatable bonds is 8. The molecule has 0 bridgehead atoms. The first kappa shape index (κ1) is 14.9. The van der Waals surface area contributed by atoms with Crippen LogP contribution in [0.15, 0.2) is 12.4 Å². The molecule has 0 aliphatic carbocycles. The number of nitrogens with zero attached hydrogens (tertiary/aromatic N) is 3. The molecule has 0 radical (unpaired) electrons. The molecule has 0 saturated heterocycles. The largest absolute Gasteiger partial charge is 0.341 e. The number of hydrogen-bond acceptors (Lipinski definition) is 4. The summed E-state index contributed by atoms with van der Waals surface area (Å²) < 4.78 is 0. The van der Waals surface area contributed by atoms with Crippen LogP contribution in [0.3, 0.4) is 0 Å². The molecule has 0 unspecified atom stereocenters. The minimum Gasteiger partial charge on any atom is -0.341 e. The fraction of sp³-hybridized carbons (Fsp3) is 0.714. The Kier molecular flexibility index (Phi) is 6.65. The van der Waals surface area contributed by atoms with Crippen LogP contribution in [0.4, 0.5) is 5.95 Å². The topological polar surface area (TPSA) is 41.1 Å². The second-order valence-electron chi connectivity index (χ2n) is 4.91. The van der Waals surface area contributed by atoms with Crippen molar-refractivity contribution in [1.82, 2.24) is 15.3 Å². The molecule has 1 N–H and O–H groups in total. The second-order valence-corrected chi connectivity index (χ2v) is 4.91. The molecule has 1 aromatic heterocycles. The number of nitrogens with one attached hydrogen (secondary N) is 1. The van der Waals surface area contributed by atoms with Gasteiger partial charge in [-0.1, -0.05) is 27.7 Å². The summed E-state index contributed by atoms with van der Waals surface area (Å²) in [5.74, 6) is 0.854. The van der Waals surface area contributed by atoms with Crippen molar-refractivity contribution >= 4 is 5.95 Å². The predicted molar refractivity (Wildman–Crippen MR) is 76.8 cm³/mol. The highest BCUT2D eigenvalue weighted by molar-refractivity contribution is 5.29. The minimum absolute atomic E-state index is 0.487. The van der Waals surface area contributed by atoms with E-state index in [4.69, 9.17) is 0 Å². The summed E-state index contributed by atoms with van der Waals surface area (Å²) in [6, 6.07) is 0.487.